The lowest BCUT2D eigenvalue weighted by molar-refractivity contribution is 0.212. The average molecular weight is 125 g/mol. The molecular formula is C7H11NO. The highest BCUT2D eigenvalue weighted by Gasteiger charge is 2.06. The highest BCUT2D eigenvalue weighted by atomic mass is 16.3. The summed E-state index contributed by atoms with van der Waals surface area (Å²) in [5.41, 5.74) is 0. The Morgan fingerprint density at radius 1 is 1.56 bits per heavy atom. The number of nitrogens with zero attached hydrogens (tertiary/aromatic N) is 1. The molecule has 50 valence electrons. The first kappa shape index (κ1) is 6.36. The summed E-state index contributed by atoms with van der Waals surface area (Å²) in [5.74, 6) is 0. The zero-order chi connectivity index (χ0) is 6.69. The van der Waals surface area contributed by atoms with Crippen LogP contribution >= 0.6 is 0 Å². The van der Waals surface area contributed by atoms with Gasteiger partial charge < -0.3 is 10.0 Å². The molecule has 0 saturated heterocycles. The Kier molecular flexibility index (Phi) is 1.90. The van der Waals surface area contributed by atoms with Gasteiger partial charge in [-0.1, -0.05) is 12.2 Å². The average Bonchev–Trinajstić information content (AvgIpc) is 1.89. The molecule has 1 rings (SSSR count). The van der Waals surface area contributed by atoms with Gasteiger partial charge in [0.25, 0.3) is 0 Å². The van der Waals surface area contributed by atoms with Crippen molar-refractivity contribution >= 4 is 0 Å². The summed E-state index contributed by atoms with van der Waals surface area (Å²) >= 11 is 0. The second-order valence-corrected chi connectivity index (χ2v) is 2.14. The fourth-order valence-corrected chi connectivity index (χ4v) is 0.814. The Hall–Kier alpha value is -0.760. The highest BCUT2D eigenvalue weighted by Crippen LogP contribution is 2.03. The molecule has 0 bridgehead atoms. The molecule has 1 heterocycles. The zero-order valence-electron chi connectivity index (χ0n) is 5.49. The monoisotopic (exact) mass is 125 g/mol. The molecule has 0 saturated carbocycles. The van der Waals surface area contributed by atoms with E-state index < -0.39 is 0 Å². The van der Waals surface area contributed by atoms with E-state index in [4.69, 9.17) is 5.11 Å². The molecule has 0 radical (unpaired) electrons. The van der Waals surface area contributed by atoms with Crippen molar-refractivity contribution in [3.05, 3.63) is 24.4 Å². The largest absolute Gasteiger partial charge is 0.394 e. The van der Waals surface area contributed by atoms with E-state index in [1.807, 2.05) is 36.4 Å². The molecule has 2 heteroatoms. The van der Waals surface area contributed by atoms with Crippen molar-refractivity contribution in [2.24, 2.45) is 0 Å². The van der Waals surface area contributed by atoms with E-state index in [1.165, 1.54) is 0 Å². The number of hydrogen-bond donors (Lipinski definition) is 1. The Morgan fingerprint density at radius 2 is 2.33 bits per heavy atom. The topological polar surface area (TPSA) is 23.5 Å². The minimum absolute atomic E-state index is 0.176. The maximum Gasteiger partial charge on any atom is 0.0698 e. The number of aliphatic hydroxyl groups is 1. The third-order valence-corrected chi connectivity index (χ3v) is 1.48. The number of aliphatic hydroxyl groups excluding tert-OH is 1. The van der Waals surface area contributed by atoms with Crippen LogP contribution in [0, 0.1) is 0 Å². The quantitative estimate of drug-likeness (QED) is 0.547. The summed E-state index contributed by atoms with van der Waals surface area (Å²) in [6, 6.07) is 0.176. The molecule has 2 nitrogen and oxygen atoms in total. The predicted octanol–water partition coefficient (Wildman–Crippen LogP) is 0.363. The van der Waals surface area contributed by atoms with Gasteiger partial charge in [-0.2, -0.15) is 0 Å². The van der Waals surface area contributed by atoms with Crippen molar-refractivity contribution in [3.8, 4) is 0 Å². The highest BCUT2D eigenvalue weighted by molar-refractivity contribution is 5.12. The summed E-state index contributed by atoms with van der Waals surface area (Å²) in [7, 11) is 1.95. The van der Waals surface area contributed by atoms with Crippen LogP contribution in [0.15, 0.2) is 24.4 Å². The van der Waals surface area contributed by atoms with Crippen LogP contribution in [0.4, 0.5) is 0 Å². The molecule has 0 aromatic rings. The maximum atomic E-state index is 8.73. The first-order valence-electron chi connectivity index (χ1n) is 3.02. The summed E-state index contributed by atoms with van der Waals surface area (Å²) in [5, 5.41) is 8.73. The van der Waals surface area contributed by atoms with Crippen LogP contribution in [-0.2, 0) is 0 Å². The number of allylic oxidation sites excluding steroid dienone is 2. The molecule has 0 aromatic carbocycles. The van der Waals surface area contributed by atoms with Gasteiger partial charge in [0.2, 0.25) is 0 Å². The molecule has 1 aliphatic heterocycles. The molecule has 1 N–H and O–H groups in total. The third kappa shape index (κ3) is 1.33. The van der Waals surface area contributed by atoms with Gasteiger partial charge in [-0.25, -0.2) is 0 Å². The molecule has 0 aromatic heterocycles. The van der Waals surface area contributed by atoms with E-state index in [0.717, 1.165) is 0 Å². The van der Waals surface area contributed by atoms with E-state index >= 15 is 0 Å². The standard InChI is InChI=1S/C7H11NO/c1-8-5-3-2-4-7(8)6-9/h2-5,7,9H,6H2,1H3. The predicted molar refractivity (Wildman–Crippen MR) is 36.9 cm³/mol. The lowest BCUT2D eigenvalue weighted by Crippen LogP contribution is -2.29. The van der Waals surface area contributed by atoms with Crippen molar-refractivity contribution in [1.29, 1.82) is 0 Å². The van der Waals surface area contributed by atoms with Gasteiger partial charge in [0.05, 0.1) is 12.6 Å². The van der Waals surface area contributed by atoms with Crippen LogP contribution in [-0.4, -0.2) is 29.7 Å². The van der Waals surface area contributed by atoms with Gasteiger partial charge in [0.15, 0.2) is 0 Å². The first-order valence-corrected chi connectivity index (χ1v) is 3.02. The molecule has 0 amide bonds. The number of likely N-dealkylation sites (N-methyl/N-ethyl adjacent to an activating group) is 1. The third-order valence-electron chi connectivity index (χ3n) is 1.48. The first-order chi connectivity index (χ1) is 4.34. The Labute approximate surface area is 55.1 Å². The summed E-state index contributed by atoms with van der Waals surface area (Å²) in [4.78, 5) is 1.97. The minimum atomic E-state index is 0.176. The van der Waals surface area contributed by atoms with Gasteiger partial charge in [0, 0.05) is 7.05 Å². The van der Waals surface area contributed by atoms with Crippen molar-refractivity contribution in [1.82, 2.24) is 4.90 Å². The molecule has 1 unspecified atom stereocenters. The summed E-state index contributed by atoms with van der Waals surface area (Å²) in [6.07, 6.45) is 7.81. The SMILES string of the molecule is CN1C=CC=CC1CO. The lowest BCUT2D eigenvalue weighted by Gasteiger charge is -2.23. The van der Waals surface area contributed by atoms with Gasteiger partial charge in [0.1, 0.15) is 0 Å². The lowest BCUT2D eigenvalue weighted by atomic mass is 10.2. The van der Waals surface area contributed by atoms with E-state index in [2.05, 4.69) is 0 Å². The summed E-state index contributed by atoms with van der Waals surface area (Å²) in [6.45, 7) is 0.192. The van der Waals surface area contributed by atoms with Crippen molar-refractivity contribution in [2.45, 2.75) is 6.04 Å². The van der Waals surface area contributed by atoms with Crippen LogP contribution in [0.2, 0.25) is 0 Å². The number of rotatable bonds is 1. The van der Waals surface area contributed by atoms with Crippen LogP contribution < -0.4 is 0 Å². The van der Waals surface area contributed by atoms with Crippen LogP contribution in [0.25, 0.3) is 0 Å². The Morgan fingerprint density at radius 3 is 2.78 bits per heavy atom. The van der Waals surface area contributed by atoms with Gasteiger partial charge in [-0.05, 0) is 12.3 Å². The second kappa shape index (κ2) is 2.69. The van der Waals surface area contributed by atoms with E-state index in [9.17, 15) is 0 Å². The van der Waals surface area contributed by atoms with Crippen LogP contribution in [0.1, 0.15) is 0 Å². The van der Waals surface area contributed by atoms with E-state index in [1.54, 1.807) is 0 Å². The van der Waals surface area contributed by atoms with Gasteiger partial charge in [-0.3, -0.25) is 0 Å². The minimum Gasteiger partial charge on any atom is -0.394 e. The van der Waals surface area contributed by atoms with Crippen LogP contribution in [0.3, 0.4) is 0 Å². The molecular weight excluding hydrogens is 114 g/mol. The van der Waals surface area contributed by atoms with Crippen molar-refractivity contribution in [2.75, 3.05) is 13.7 Å². The zero-order valence-corrected chi connectivity index (χ0v) is 5.49. The van der Waals surface area contributed by atoms with E-state index in [0.29, 0.717) is 0 Å². The molecule has 0 fully saturated rings. The fourth-order valence-electron chi connectivity index (χ4n) is 0.814. The molecule has 1 atom stereocenters. The maximum absolute atomic E-state index is 8.73. The van der Waals surface area contributed by atoms with Gasteiger partial charge >= 0.3 is 0 Å². The molecule has 0 spiro atoms. The Balaban J connectivity index is 2.55. The molecule has 0 aliphatic carbocycles. The summed E-state index contributed by atoms with van der Waals surface area (Å²) < 4.78 is 0. The number of hydrogen-bond acceptors (Lipinski definition) is 2. The molecule has 1 aliphatic rings. The van der Waals surface area contributed by atoms with Gasteiger partial charge in [-0.15, -0.1) is 0 Å². The Bertz CT molecular complexity index is 140. The van der Waals surface area contributed by atoms with Crippen molar-refractivity contribution < 1.29 is 5.11 Å². The van der Waals surface area contributed by atoms with E-state index in [-0.39, 0.29) is 12.6 Å². The fraction of sp³-hybridized carbons (Fsp3) is 0.429. The normalized spacial score (nSPS) is 25.1. The molecule has 9 heavy (non-hydrogen) atoms. The van der Waals surface area contributed by atoms with Crippen molar-refractivity contribution in [3.63, 3.8) is 0 Å². The van der Waals surface area contributed by atoms with Crippen LogP contribution in [0.5, 0.6) is 0 Å². The smallest absolute Gasteiger partial charge is 0.0698 e. The second-order valence-electron chi connectivity index (χ2n) is 2.14.